The molecule has 0 radical (unpaired) electrons. The Hall–Kier alpha value is -0.570. The van der Waals surface area contributed by atoms with Crippen molar-refractivity contribution in [2.45, 2.75) is 27.7 Å². The van der Waals surface area contributed by atoms with Crippen LogP contribution in [0.4, 0.5) is 0 Å². The summed E-state index contributed by atoms with van der Waals surface area (Å²) >= 11 is 0. The lowest BCUT2D eigenvalue weighted by atomic mass is 10.4. The van der Waals surface area contributed by atoms with Gasteiger partial charge in [-0.05, 0) is 33.8 Å². The molecule has 0 aliphatic carbocycles. The van der Waals surface area contributed by atoms with Crippen molar-refractivity contribution < 1.29 is 18.7 Å². The monoisotopic (exact) mass is 234 g/mol. The molecule has 0 bridgehead atoms. The fourth-order valence-corrected chi connectivity index (χ4v) is 2.87. The summed E-state index contributed by atoms with van der Waals surface area (Å²) in [7, 11) is -3.36. The maximum Gasteiger partial charge on any atom is 0.364 e. The van der Waals surface area contributed by atoms with Gasteiger partial charge < -0.3 is 14.2 Å². The van der Waals surface area contributed by atoms with Gasteiger partial charge in [0.15, 0.2) is 0 Å². The van der Waals surface area contributed by atoms with Crippen LogP contribution in [-0.4, -0.2) is 18.3 Å². The van der Waals surface area contributed by atoms with E-state index in [9.17, 15) is 9.67 Å². The average Bonchev–Trinajstić information content (AvgIpc) is 2.19. The van der Waals surface area contributed by atoms with Crippen LogP contribution < -0.4 is 0 Å². The summed E-state index contributed by atoms with van der Waals surface area (Å²) in [5, 5.41) is 9.78. The summed E-state index contributed by atoms with van der Waals surface area (Å²) in [6, 6.07) is 0. The van der Waals surface area contributed by atoms with Gasteiger partial charge in [0.05, 0.1) is 13.2 Å². The predicted octanol–water partition coefficient (Wildman–Crippen LogP) is 3.62. The maximum atomic E-state index is 12.2. The molecule has 1 N–H and O–H groups in total. The molecule has 0 aliphatic heterocycles. The zero-order valence-electron chi connectivity index (χ0n) is 9.69. The van der Waals surface area contributed by atoms with Gasteiger partial charge in [-0.1, -0.05) is 6.08 Å². The van der Waals surface area contributed by atoms with Gasteiger partial charge in [0.1, 0.15) is 11.1 Å². The standard InChI is InChI=1S/C10H19O4P/c1-5-9(11)10(6-2)15(12,13-7-3)14-8-4/h5-6,11H,7-8H2,1-4H3/b9-5-,10-6+. The number of aliphatic hydroxyl groups excluding tert-OH is 1. The third-order valence-corrected chi connectivity index (χ3v) is 3.98. The first-order valence-corrected chi connectivity index (χ1v) is 6.51. The van der Waals surface area contributed by atoms with E-state index in [1.807, 2.05) is 0 Å². The highest BCUT2D eigenvalue weighted by atomic mass is 31.2. The number of allylic oxidation sites excluding steroid dienone is 3. The lowest BCUT2D eigenvalue weighted by Gasteiger charge is -2.19. The van der Waals surface area contributed by atoms with Crippen molar-refractivity contribution in [1.82, 2.24) is 0 Å². The Kier molecular flexibility index (Phi) is 6.57. The normalized spacial score (nSPS) is 14.4. The van der Waals surface area contributed by atoms with Crippen LogP contribution in [0.5, 0.6) is 0 Å². The summed E-state index contributed by atoms with van der Waals surface area (Å²) in [5.41, 5.74) is 0. The predicted molar refractivity (Wildman–Crippen MR) is 61.0 cm³/mol. The zero-order chi connectivity index (χ0) is 11.9. The molecule has 0 unspecified atom stereocenters. The summed E-state index contributed by atoms with van der Waals surface area (Å²) in [6.45, 7) is 7.33. The molecule has 5 heteroatoms. The Morgan fingerprint density at radius 3 is 1.93 bits per heavy atom. The van der Waals surface area contributed by atoms with Crippen LogP contribution in [0.1, 0.15) is 27.7 Å². The quantitative estimate of drug-likeness (QED) is 0.433. The Bertz CT molecular complexity index is 284. The molecule has 88 valence electrons. The molecule has 0 amide bonds. The van der Waals surface area contributed by atoms with Crippen LogP contribution in [-0.2, 0) is 13.6 Å². The topological polar surface area (TPSA) is 55.8 Å². The molecule has 4 nitrogen and oxygen atoms in total. The molecule has 0 spiro atoms. The largest absolute Gasteiger partial charge is 0.507 e. The van der Waals surface area contributed by atoms with Crippen LogP contribution >= 0.6 is 7.60 Å². The average molecular weight is 234 g/mol. The summed E-state index contributed by atoms with van der Waals surface area (Å²) in [4.78, 5) is 0. The smallest absolute Gasteiger partial charge is 0.364 e. The second kappa shape index (κ2) is 6.83. The van der Waals surface area contributed by atoms with Crippen molar-refractivity contribution >= 4 is 7.60 Å². The summed E-state index contributed by atoms with van der Waals surface area (Å²) in [6.07, 6.45) is 3.00. The zero-order valence-corrected chi connectivity index (χ0v) is 10.6. The summed E-state index contributed by atoms with van der Waals surface area (Å²) in [5.74, 6) is -0.0669. The first-order valence-electron chi connectivity index (χ1n) is 4.97. The van der Waals surface area contributed by atoms with Crippen molar-refractivity contribution in [3.63, 3.8) is 0 Å². The van der Waals surface area contributed by atoms with E-state index in [0.29, 0.717) is 0 Å². The summed E-state index contributed by atoms with van der Waals surface area (Å²) < 4.78 is 22.5. The van der Waals surface area contributed by atoms with Crippen LogP contribution in [0, 0.1) is 0 Å². The highest BCUT2D eigenvalue weighted by molar-refractivity contribution is 7.58. The van der Waals surface area contributed by atoms with Crippen molar-refractivity contribution in [1.29, 1.82) is 0 Å². The van der Waals surface area contributed by atoms with Crippen molar-refractivity contribution in [2.24, 2.45) is 0 Å². The number of hydrogen-bond donors (Lipinski definition) is 1. The maximum absolute atomic E-state index is 12.2. The van der Waals surface area contributed by atoms with Gasteiger partial charge in [0, 0.05) is 0 Å². The lowest BCUT2D eigenvalue weighted by molar-refractivity contribution is 0.224. The van der Waals surface area contributed by atoms with Crippen molar-refractivity contribution in [2.75, 3.05) is 13.2 Å². The molecule has 0 saturated heterocycles. The molecule has 0 heterocycles. The van der Waals surface area contributed by atoms with E-state index in [1.54, 1.807) is 33.8 Å². The molecule has 0 aromatic carbocycles. The van der Waals surface area contributed by atoms with Gasteiger partial charge in [-0.25, -0.2) is 0 Å². The SMILES string of the molecule is C/C=C(O)/C(=C\C)P(=O)(OCC)OCC. The van der Waals surface area contributed by atoms with Gasteiger partial charge in [-0.3, -0.25) is 4.57 Å². The van der Waals surface area contributed by atoms with E-state index in [4.69, 9.17) is 9.05 Å². The Balaban J connectivity index is 5.13. The van der Waals surface area contributed by atoms with E-state index in [0.717, 1.165) is 0 Å². The minimum Gasteiger partial charge on any atom is -0.507 e. The minimum absolute atomic E-state index is 0.0669. The number of rotatable bonds is 6. The van der Waals surface area contributed by atoms with E-state index in [-0.39, 0.29) is 24.3 Å². The molecule has 0 aromatic heterocycles. The van der Waals surface area contributed by atoms with E-state index >= 15 is 0 Å². The van der Waals surface area contributed by atoms with E-state index < -0.39 is 7.60 Å². The Morgan fingerprint density at radius 2 is 1.67 bits per heavy atom. The third kappa shape index (κ3) is 3.82. The number of aliphatic hydroxyl groups is 1. The molecule has 0 atom stereocenters. The van der Waals surface area contributed by atoms with Crippen molar-refractivity contribution in [3.05, 3.63) is 23.2 Å². The van der Waals surface area contributed by atoms with Crippen molar-refractivity contribution in [3.8, 4) is 0 Å². The highest BCUT2D eigenvalue weighted by Crippen LogP contribution is 2.58. The Morgan fingerprint density at radius 1 is 1.20 bits per heavy atom. The molecular weight excluding hydrogens is 215 g/mol. The molecule has 0 rings (SSSR count). The molecule has 0 aliphatic rings. The minimum atomic E-state index is -3.36. The van der Waals surface area contributed by atoms with Gasteiger partial charge in [-0.2, -0.15) is 0 Å². The first kappa shape index (κ1) is 14.4. The van der Waals surface area contributed by atoms with E-state index in [1.165, 1.54) is 6.08 Å². The van der Waals surface area contributed by atoms with E-state index in [2.05, 4.69) is 0 Å². The molecule has 0 fully saturated rings. The fraction of sp³-hybridized carbons (Fsp3) is 0.600. The second-order valence-corrected chi connectivity index (χ2v) is 4.67. The fourth-order valence-electron chi connectivity index (χ4n) is 1.11. The molecule has 0 saturated carbocycles. The van der Waals surface area contributed by atoms with Crippen LogP contribution in [0.25, 0.3) is 0 Å². The Labute approximate surface area is 91.1 Å². The highest BCUT2D eigenvalue weighted by Gasteiger charge is 2.31. The van der Waals surface area contributed by atoms with Gasteiger partial charge in [0.25, 0.3) is 0 Å². The van der Waals surface area contributed by atoms with Crippen LogP contribution in [0.2, 0.25) is 0 Å². The lowest BCUT2D eigenvalue weighted by Crippen LogP contribution is -2.00. The molecule has 0 aromatic rings. The molecule has 15 heavy (non-hydrogen) atoms. The number of hydrogen-bond acceptors (Lipinski definition) is 4. The third-order valence-electron chi connectivity index (χ3n) is 1.70. The molecular formula is C10H19O4P. The first-order chi connectivity index (χ1) is 7.05. The van der Waals surface area contributed by atoms with Gasteiger partial charge in [0.2, 0.25) is 0 Å². The van der Waals surface area contributed by atoms with Gasteiger partial charge in [-0.15, -0.1) is 0 Å². The van der Waals surface area contributed by atoms with Crippen LogP contribution in [0.15, 0.2) is 23.2 Å². The van der Waals surface area contributed by atoms with Gasteiger partial charge >= 0.3 is 7.60 Å². The second-order valence-electron chi connectivity index (χ2n) is 2.68. The van der Waals surface area contributed by atoms with Crippen LogP contribution in [0.3, 0.4) is 0 Å².